The molecule has 1 aliphatic heterocycles. The van der Waals surface area contributed by atoms with Crippen LogP contribution in [0.4, 0.5) is 0 Å². The lowest BCUT2D eigenvalue weighted by Crippen LogP contribution is -2.59. The molecule has 0 spiro atoms. The van der Waals surface area contributed by atoms with Crippen LogP contribution >= 0.6 is 0 Å². The van der Waals surface area contributed by atoms with E-state index in [0.717, 1.165) is 31.2 Å². The molecular weight excluding hydrogens is 380 g/mol. The van der Waals surface area contributed by atoms with E-state index in [0.29, 0.717) is 11.5 Å². The fourth-order valence-corrected chi connectivity index (χ4v) is 4.70. The Kier molecular flexibility index (Phi) is 7.27. The summed E-state index contributed by atoms with van der Waals surface area (Å²) in [6, 6.07) is 5.04. The molecule has 1 aliphatic carbocycles. The van der Waals surface area contributed by atoms with E-state index in [2.05, 4.69) is 0 Å². The lowest BCUT2D eigenvalue weighted by molar-refractivity contribution is -0.160. The molecule has 1 unspecified atom stereocenters. The van der Waals surface area contributed by atoms with Crippen LogP contribution in [0.2, 0.25) is 0 Å². The Hall–Kier alpha value is -2.24. The van der Waals surface area contributed by atoms with Crippen molar-refractivity contribution in [3.05, 3.63) is 23.8 Å². The first-order valence-electron chi connectivity index (χ1n) is 11.3. The molecule has 2 amide bonds. The number of nitrogens with zero attached hydrogens (tertiary/aromatic N) is 2. The van der Waals surface area contributed by atoms with E-state index in [9.17, 15) is 9.59 Å². The number of carbonyl (C=O) groups excluding carboxylic acids is 2. The van der Waals surface area contributed by atoms with Crippen molar-refractivity contribution in [2.45, 2.75) is 90.4 Å². The summed E-state index contributed by atoms with van der Waals surface area (Å²) in [6.45, 7) is 8.04. The Bertz CT molecular complexity index is 754. The number of methoxy groups -OCH3 is 1. The molecule has 1 heterocycles. The molecular formula is C24H36N2O4. The van der Waals surface area contributed by atoms with Crippen molar-refractivity contribution in [1.29, 1.82) is 0 Å². The van der Waals surface area contributed by atoms with E-state index in [4.69, 9.17) is 9.47 Å². The second-order valence-corrected chi connectivity index (χ2v) is 8.99. The van der Waals surface area contributed by atoms with Gasteiger partial charge >= 0.3 is 0 Å². The van der Waals surface area contributed by atoms with Gasteiger partial charge in [0.1, 0.15) is 12.6 Å². The topological polar surface area (TPSA) is 59.1 Å². The minimum atomic E-state index is -0.628. The highest BCUT2D eigenvalue weighted by Gasteiger charge is 2.44. The summed E-state index contributed by atoms with van der Waals surface area (Å²) in [7, 11) is 1.60. The van der Waals surface area contributed by atoms with Crippen LogP contribution in [0.1, 0.15) is 77.8 Å². The van der Waals surface area contributed by atoms with Gasteiger partial charge in [0.15, 0.2) is 11.5 Å². The van der Waals surface area contributed by atoms with E-state index >= 15 is 0 Å². The van der Waals surface area contributed by atoms with Gasteiger partial charge in [0, 0.05) is 12.1 Å². The molecule has 6 heteroatoms. The highest BCUT2D eigenvalue weighted by molar-refractivity contribution is 5.96. The number of benzene rings is 1. The van der Waals surface area contributed by atoms with Crippen LogP contribution in [-0.2, 0) is 9.59 Å². The fourth-order valence-electron chi connectivity index (χ4n) is 4.70. The van der Waals surface area contributed by atoms with Gasteiger partial charge in [-0.3, -0.25) is 9.59 Å². The van der Waals surface area contributed by atoms with Crippen molar-refractivity contribution in [3.8, 4) is 11.5 Å². The van der Waals surface area contributed by atoms with Gasteiger partial charge in [-0.1, -0.05) is 31.7 Å². The number of carbonyl (C=O) groups is 2. The number of hydrogen-bond donors (Lipinski definition) is 0. The third-order valence-corrected chi connectivity index (χ3v) is 6.08. The second kappa shape index (κ2) is 9.71. The Morgan fingerprint density at radius 1 is 0.967 bits per heavy atom. The summed E-state index contributed by atoms with van der Waals surface area (Å²) >= 11 is 0. The molecule has 1 aromatic carbocycles. The van der Waals surface area contributed by atoms with Gasteiger partial charge in [-0.2, -0.15) is 0 Å². The highest BCUT2D eigenvalue weighted by atomic mass is 16.5. The zero-order valence-electron chi connectivity index (χ0n) is 19.0. The quantitative estimate of drug-likeness (QED) is 0.648. The summed E-state index contributed by atoms with van der Waals surface area (Å²) < 4.78 is 11.4. The highest BCUT2D eigenvalue weighted by Crippen LogP contribution is 2.37. The predicted octanol–water partition coefficient (Wildman–Crippen LogP) is 4.33. The summed E-state index contributed by atoms with van der Waals surface area (Å²) in [5.41, 5.74) is 0.772. The van der Waals surface area contributed by atoms with Gasteiger partial charge in [-0.05, 0) is 58.2 Å². The van der Waals surface area contributed by atoms with Gasteiger partial charge in [0.05, 0.1) is 13.2 Å². The maximum atomic E-state index is 13.7. The Morgan fingerprint density at radius 3 is 2.20 bits per heavy atom. The SMILES string of the molecule is COc1cc(C2C(=O)N(C3CCCCCC3)CC(=O)N2C(C)C)ccc1OC(C)C. The molecule has 1 saturated carbocycles. The maximum Gasteiger partial charge on any atom is 0.250 e. The van der Waals surface area contributed by atoms with Gasteiger partial charge in [0.25, 0.3) is 5.91 Å². The van der Waals surface area contributed by atoms with Crippen LogP contribution in [0, 0.1) is 0 Å². The largest absolute Gasteiger partial charge is 0.493 e. The summed E-state index contributed by atoms with van der Waals surface area (Å²) in [5.74, 6) is 1.26. The van der Waals surface area contributed by atoms with Crippen molar-refractivity contribution in [2.75, 3.05) is 13.7 Å². The van der Waals surface area contributed by atoms with Crippen LogP contribution in [0.25, 0.3) is 0 Å². The van der Waals surface area contributed by atoms with E-state index in [-0.39, 0.29) is 36.5 Å². The van der Waals surface area contributed by atoms with Crippen LogP contribution < -0.4 is 9.47 Å². The van der Waals surface area contributed by atoms with Gasteiger partial charge in [-0.25, -0.2) is 0 Å². The molecule has 1 aromatic rings. The van der Waals surface area contributed by atoms with Crippen LogP contribution in [0.15, 0.2) is 18.2 Å². The van der Waals surface area contributed by atoms with E-state index in [1.54, 1.807) is 12.0 Å². The molecule has 0 N–H and O–H groups in total. The van der Waals surface area contributed by atoms with Gasteiger partial charge < -0.3 is 19.3 Å². The lowest BCUT2D eigenvalue weighted by Gasteiger charge is -2.45. The first-order valence-corrected chi connectivity index (χ1v) is 11.3. The smallest absolute Gasteiger partial charge is 0.250 e. The Balaban J connectivity index is 1.97. The number of ether oxygens (including phenoxy) is 2. The lowest BCUT2D eigenvalue weighted by atomic mass is 9.96. The summed E-state index contributed by atoms with van der Waals surface area (Å²) in [5, 5.41) is 0. The van der Waals surface area contributed by atoms with Gasteiger partial charge in [-0.15, -0.1) is 0 Å². The molecule has 0 radical (unpaired) electrons. The van der Waals surface area contributed by atoms with E-state index in [1.807, 2.05) is 50.8 Å². The van der Waals surface area contributed by atoms with Gasteiger partial charge in [0.2, 0.25) is 5.91 Å². The van der Waals surface area contributed by atoms with E-state index < -0.39 is 6.04 Å². The molecule has 6 nitrogen and oxygen atoms in total. The van der Waals surface area contributed by atoms with Crippen molar-refractivity contribution in [1.82, 2.24) is 9.80 Å². The standard InChI is InChI=1S/C24H36N2O4/c1-16(2)26-22(27)15-25(19-10-8-6-7-9-11-19)24(28)23(26)18-12-13-20(30-17(3)4)21(14-18)29-5/h12-14,16-17,19,23H,6-11,15H2,1-5H3. The molecule has 0 bridgehead atoms. The predicted molar refractivity (Wildman–Crippen MR) is 117 cm³/mol. The van der Waals surface area contributed by atoms with Crippen molar-refractivity contribution in [3.63, 3.8) is 0 Å². The average molecular weight is 417 g/mol. The summed E-state index contributed by atoms with van der Waals surface area (Å²) in [6.07, 6.45) is 6.65. The van der Waals surface area contributed by atoms with Crippen molar-refractivity contribution >= 4 is 11.8 Å². The first-order chi connectivity index (χ1) is 14.3. The van der Waals surface area contributed by atoms with E-state index in [1.165, 1.54) is 12.8 Å². The molecule has 2 aliphatic rings. The van der Waals surface area contributed by atoms with Crippen LogP contribution in [-0.4, -0.2) is 53.5 Å². The maximum absolute atomic E-state index is 13.7. The third kappa shape index (κ3) is 4.73. The molecule has 1 atom stereocenters. The molecule has 166 valence electrons. The number of amides is 2. The molecule has 30 heavy (non-hydrogen) atoms. The molecule has 0 aromatic heterocycles. The third-order valence-electron chi connectivity index (χ3n) is 6.08. The number of hydrogen-bond acceptors (Lipinski definition) is 4. The van der Waals surface area contributed by atoms with Crippen LogP contribution in [0.3, 0.4) is 0 Å². The minimum absolute atomic E-state index is 0.0142. The molecule has 1 saturated heterocycles. The number of rotatable bonds is 6. The molecule has 2 fully saturated rings. The van der Waals surface area contributed by atoms with Crippen molar-refractivity contribution < 1.29 is 19.1 Å². The number of piperazine rings is 1. The zero-order chi connectivity index (χ0) is 21.8. The Morgan fingerprint density at radius 2 is 1.63 bits per heavy atom. The normalized spacial score (nSPS) is 21.4. The zero-order valence-corrected chi connectivity index (χ0v) is 19.0. The molecule has 3 rings (SSSR count). The van der Waals surface area contributed by atoms with Crippen LogP contribution in [0.5, 0.6) is 11.5 Å². The van der Waals surface area contributed by atoms with Crippen molar-refractivity contribution in [2.24, 2.45) is 0 Å². The monoisotopic (exact) mass is 416 g/mol. The Labute approximate surface area is 180 Å². The second-order valence-electron chi connectivity index (χ2n) is 8.99. The minimum Gasteiger partial charge on any atom is -0.493 e. The summed E-state index contributed by atoms with van der Waals surface area (Å²) in [4.78, 5) is 30.4. The first kappa shape index (κ1) is 22.4. The fraction of sp³-hybridized carbons (Fsp3) is 0.667. The average Bonchev–Trinajstić information content (AvgIpc) is 2.98.